The predicted octanol–water partition coefficient (Wildman–Crippen LogP) is 6.28. The Labute approximate surface area is 253 Å². The minimum atomic E-state index is -1.06. The molecule has 1 unspecified atom stereocenters. The number of piperidine rings is 1. The SMILES string of the molecule is COc1cc2c(cc1OC(C)C)C(c1ccc(Cl)cc1)N(c1ccc([C@@](C)(O)C3CCN(C(C)=O)CC3)cc1)C(=O)C2. The maximum absolute atomic E-state index is 13.8. The van der Waals surface area contributed by atoms with E-state index in [1.807, 2.05) is 91.2 Å². The zero-order chi connectivity index (χ0) is 30.2. The van der Waals surface area contributed by atoms with E-state index in [2.05, 4.69) is 0 Å². The van der Waals surface area contributed by atoms with Crippen molar-refractivity contribution >= 4 is 29.1 Å². The van der Waals surface area contributed by atoms with Crippen LogP contribution in [0.5, 0.6) is 11.5 Å². The Balaban J connectivity index is 1.52. The fourth-order valence-electron chi connectivity index (χ4n) is 6.28. The summed E-state index contributed by atoms with van der Waals surface area (Å²) in [7, 11) is 1.60. The first kappa shape index (κ1) is 29.9. The molecule has 7 nitrogen and oxygen atoms in total. The molecule has 0 saturated carbocycles. The Morgan fingerprint density at radius 3 is 2.24 bits per heavy atom. The molecule has 8 heteroatoms. The number of hydrogen-bond donors (Lipinski definition) is 1. The maximum Gasteiger partial charge on any atom is 0.232 e. The molecule has 1 saturated heterocycles. The van der Waals surface area contributed by atoms with Gasteiger partial charge in [-0.05, 0) is 98.2 Å². The summed E-state index contributed by atoms with van der Waals surface area (Å²) in [5.74, 6) is 1.28. The van der Waals surface area contributed by atoms with Crippen LogP contribution in [0.2, 0.25) is 5.02 Å². The van der Waals surface area contributed by atoms with E-state index in [1.54, 1.807) is 14.0 Å². The van der Waals surface area contributed by atoms with Crippen LogP contribution < -0.4 is 14.4 Å². The molecule has 0 spiro atoms. The van der Waals surface area contributed by atoms with Gasteiger partial charge >= 0.3 is 0 Å². The molecule has 1 fully saturated rings. The predicted molar refractivity (Wildman–Crippen MR) is 164 cm³/mol. The monoisotopic (exact) mass is 590 g/mol. The van der Waals surface area contributed by atoms with E-state index < -0.39 is 11.6 Å². The molecule has 5 rings (SSSR count). The summed E-state index contributed by atoms with van der Waals surface area (Å²) in [4.78, 5) is 29.3. The number of nitrogens with zero attached hydrogens (tertiary/aromatic N) is 2. The Morgan fingerprint density at radius 2 is 1.67 bits per heavy atom. The number of likely N-dealkylation sites (tertiary alicyclic amines) is 1. The molecule has 2 aliphatic rings. The molecule has 2 heterocycles. The van der Waals surface area contributed by atoms with Crippen molar-refractivity contribution in [3.05, 3.63) is 87.9 Å². The number of fused-ring (bicyclic) bond motifs is 1. The summed E-state index contributed by atoms with van der Waals surface area (Å²) >= 11 is 6.24. The van der Waals surface area contributed by atoms with Crippen molar-refractivity contribution in [3.8, 4) is 11.5 Å². The normalized spacial score (nSPS) is 19.0. The van der Waals surface area contributed by atoms with Crippen molar-refractivity contribution in [2.45, 2.75) is 64.7 Å². The van der Waals surface area contributed by atoms with Gasteiger partial charge in [0.2, 0.25) is 11.8 Å². The largest absolute Gasteiger partial charge is 0.493 e. The summed E-state index contributed by atoms with van der Waals surface area (Å²) in [6, 6.07) is 18.7. The van der Waals surface area contributed by atoms with Crippen LogP contribution in [-0.4, -0.2) is 48.1 Å². The summed E-state index contributed by atoms with van der Waals surface area (Å²) in [6.45, 7) is 8.66. The molecular formula is C34H39ClN2O5. The van der Waals surface area contributed by atoms with E-state index in [0.717, 1.165) is 40.8 Å². The topological polar surface area (TPSA) is 79.3 Å². The number of benzene rings is 3. The number of methoxy groups -OCH3 is 1. The molecule has 0 aromatic heterocycles. The van der Waals surface area contributed by atoms with Gasteiger partial charge < -0.3 is 24.4 Å². The number of aliphatic hydroxyl groups is 1. The number of halogens is 1. The molecule has 2 aliphatic heterocycles. The first-order valence-electron chi connectivity index (χ1n) is 14.5. The van der Waals surface area contributed by atoms with Crippen molar-refractivity contribution in [3.63, 3.8) is 0 Å². The van der Waals surface area contributed by atoms with Crippen LogP contribution in [0.1, 0.15) is 68.8 Å². The van der Waals surface area contributed by atoms with Crippen LogP contribution in [0.4, 0.5) is 5.69 Å². The van der Waals surface area contributed by atoms with Crippen LogP contribution in [0.3, 0.4) is 0 Å². The number of carbonyl (C=O) groups is 2. The van der Waals surface area contributed by atoms with Crippen molar-refractivity contribution in [2.24, 2.45) is 5.92 Å². The van der Waals surface area contributed by atoms with Gasteiger partial charge in [0, 0.05) is 30.7 Å². The van der Waals surface area contributed by atoms with Crippen molar-refractivity contribution < 1.29 is 24.2 Å². The zero-order valence-electron chi connectivity index (χ0n) is 24.9. The smallest absolute Gasteiger partial charge is 0.232 e. The average Bonchev–Trinajstić information content (AvgIpc) is 2.96. The van der Waals surface area contributed by atoms with Gasteiger partial charge in [0.05, 0.1) is 31.3 Å². The summed E-state index contributed by atoms with van der Waals surface area (Å²) in [5.41, 5.74) is 3.23. The standard InChI is InChI=1S/C34H39ClN2O5/c1-21(2)42-31-20-29-24(18-30(31)41-5)19-32(39)37(33(29)23-6-10-27(35)11-7-23)28-12-8-25(9-13-28)34(4,40)26-14-16-36(17-15-26)22(3)38/h6-13,18,20-21,26,33,40H,14-17,19H2,1-5H3/t33?,34-/m1/s1. The van der Waals surface area contributed by atoms with Gasteiger partial charge in [-0.3, -0.25) is 9.59 Å². The molecule has 3 aromatic carbocycles. The van der Waals surface area contributed by atoms with Gasteiger partial charge in [-0.1, -0.05) is 35.9 Å². The highest BCUT2D eigenvalue weighted by Gasteiger charge is 2.38. The van der Waals surface area contributed by atoms with Crippen molar-refractivity contribution in [1.82, 2.24) is 4.90 Å². The third-order valence-corrected chi connectivity index (χ3v) is 8.85. The highest BCUT2D eigenvalue weighted by atomic mass is 35.5. The zero-order valence-corrected chi connectivity index (χ0v) is 25.6. The summed E-state index contributed by atoms with van der Waals surface area (Å²) < 4.78 is 11.7. The number of amides is 2. The van der Waals surface area contributed by atoms with Crippen LogP contribution in [-0.2, 0) is 21.6 Å². The summed E-state index contributed by atoms with van der Waals surface area (Å²) in [5, 5.41) is 12.2. The van der Waals surface area contributed by atoms with E-state index >= 15 is 0 Å². The average molecular weight is 591 g/mol. The van der Waals surface area contributed by atoms with Crippen LogP contribution in [0.15, 0.2) is 60.7 Å². The molecule has 0 radical (unpaired) electrons. The Hall–Kier alpha value is -3.55. The van der Waals surface area contributed by atoms with Crippen molar-refractivity contribution in [1.29, 1.82) is 0 Å². The molecule has 0 aliphatic carbocycles. The van der Waals surface area contributed by atoms with Crippen molar-refractivity contribution in [2.75, 3.05) is 25.1 Å². The van der Waals surface area contributed by atoms with E-state index in [1.165, 1.54) is 0 Å². The molecule has 3 aromatic rings. The summed E-state index contributed by atoms with van der Waals surface area (Å²) in [6.07, 6.45) is 1.63. The maximum atomic E-state index is 13.8. The Bertz CT molecular complexity index is 1440. The lowest BCUT2D eigenvalue weighted by Gasteiger charge is -2.40. The molecule has 42 heavy (non-hydrogen) atoms. The molecule has 0 bridgehead atoms. The van der Waals surface area contributed by atoms with Gasteiger partial charge in [0.15, 0.2) is 11.5 Å². The van der Waals surface area contributed by atoms with Crippen LogP contribution >= 0.6 is 11.6 Å². The van der Waals surface area contributed by atoms with Gasteiger partial charge in [-0.2, -0.15) is 0 Å². The van der Waals surface area contributed by atoms with E-state index in [0.29, 0.717) is 29.6 Å². The minimum absolute atomic E-state index is 0.0265. The first-order chi connectivity index (χ1) is 20.0. The Morgan fingerprint density at radius 1 is 1.02 bits per heavy atom. The van der Waals surface area contributed by atoms with E-state index in [4.69, 9.17) is 21.1 Å². The number of hydrogen-bond acceptors (Lipinski definition) is 5. The second-order valence-corrected chi connectivity index (χ2v) is 12.2. The lowest BCUT2D eigenvalue weighted by molar-refractivity contribution is -0.132. The fourth-order valence-corrected chi connectivity index (χ4v) is 6.41. The number of anilines is 1. The molecule has 1 N–H and O–H groups in total. The van der Waals surface area contributed by atoms with Gasteiger partial charge in [-0.25, -0.2) is 0 Å². The van der Waals surface area contributed by atoms with E-state index in [9.17, 15) is 14.7 Å². The van der Waals surface area contributed by atoms with Gasteiger partial charge in [-0.15, -0.1) is 0 Å². The van der Waals surface area contributed by atoms with Crippen LogP contribution in [0.25, 0.3) is 0 Å². The lowest BCUT2D eigenvalue weighted by Crippen LogP contribution is -2.43. The van der Waals surface area contributed by atoms with Gasteiger partial charge in [0.25, 0.3) is 0 Å². The highest BCUT2D eigenvalue weighted by Crippen LogP contribution is 2.44. The minimum Gasteiger partial charge on any atom is -0.493 e. The quantitative estimate of drug-likeness (QED) is 0.350. The number of rotatable bonds is 7. The molecule has 222 valence electrons. The second-order valence-electron chi connectivity index (χ2n) is 11.7. The lowest BCUT2D eigenvalue weighted by atomic mass is 9.77. The highest BCUT2D eigenvalue weighted by molar-refractivity contribution is 6.30. The third-order valence-electron chi connectivity index (χ3n) is 8.60. The molecule has 2 atom stereocenters. The van der Waals surface area contributed by atoms with E-state index in [-0.39, 0.29) is 30.3 Å². The first-order valence-corrected chi connectivity index (χ1v) is 14.9. The third kappa shape index (κ3) is 5.86. The fraction of sp³-hybridized carbons (Fsp3) is 0.412. The van der Waals surface area contributed by atoms with Crippen LogP contribution in [0, 0.1) is 5.92 Å². The number of carbonyl (C=O) groups excluding carboxylic acids is 2. The molecular weight excluding hydrogens is 552 g/mol. The second kappa shape index (κ2) is 12.0. The molecule has 2 amide bonds. The Kier molecular flexibility index (Phi) is 8.53. The van der Waals surface area contributed by atoms with Gasteiger partial charge in [0.1, 0.15) is 0 Å². The number of ether oxygens (including phenoxy) is 2.